The van der Waals surface area contributed by atoms with E-state index in [4.69, 9.17) is 14.6 Å². The molecule has 272 valence electrons. The highest BCUT2D eigenvalue weighted by Gasteiger charge is 2.39. The van der Waals surface area contributed by atoms with Crippen LogP contribution in [0, 0.1) is 0 Å². The Morgan fingerprint density at radius 3 is 2.30 bits per heavy atom. The molecule has 11 rings (SSSR count). The molecule has 9 aromatic rings. The maximum Gasteiger partial charge on any atom is 0.136 e. The average Bonchev–Trinajstić information content (AvgIpc) is 3.87. The summed E-state index contributed by atoms with van der Waals surface area (Å²) in [4.78, 5) is 0. The lowest BCUT2D eigenvalue weighted by atomic mass is 9.80. The maximum absolute atomic E-state index is 6.90. The lowest BCUT2D eigenvalue weighted by Gasteiger charge is -2.23. The number of rotatable bonds is 7. The molecule has 4 nitrogen and oxygen atoms in total. The zero-order valence-corrected chi connectivity index (χ0v) is 31.7. The maximum atomic E-state index is 6.90. The Bertz CT molecular complexity index is 3300. The number of benzene rings is 7. The average molecular weight is 735 g/mol. The standard InChI is InChI=1S/C53H38N2O2/c1-53(2)43-22-12-21-38(51(43)41-28-34-15-6-7-16-35(34)29-44(41)53)36-18-10-19-37(27-36)45(55-52(54)33-13-4-3-5-14-33)26-25-32-17-11-24-47-50(32)42-31-48-40(30-49(42)57-47)39-20-8-9-23-46(39)56-48/h3-11,13-20,22-24,26-31,52,55H,25,54H2,1-2H3/b45-26-. The fourth-order valence-electron chi connectivity index (χ4n) is 9.06. The Labute approximate surface area is 330 Å². The van der Waals surface area contributed by atoms with Crippen LogP contribution in [-0.2, 0) is 11.8 Å². The summed E-state index contributed by atoms with van der Waals surface area (Å²) in [5.74, 6) is 0. The summed E-state index contributed by atoms with van der Waals surface area (Å²) in [7, 11) is 0. The van der Waals surface area contributed by atoms with Crippen LogP contribution in [0.25, 0.3) is 71.5 Å². The van der Waals surface area contributed by atoms with Gasteiger partial charge in [0.25, 0.3) is 0 Å². The van der Waals surface area contributed by atoms with Crippen LogP contribution in [0.15, 0.2) is 184 Å². The Hall–Kier alpha value is -7.06. The third kappa shape index (κ3) is 5.35. The van der Waals surface area contributed by atoms with Crippen LogP contribution in [0.5, 0.6) is 0 Å². The summed E-state index contributed by atoms with van der Waals surface area (Å²) in [6.45, 7) is 4.64. The Morgan fingerprint density at radius 2 is 1.42 bits per heavy atom. The molecule has 0 fully saturated rings. The fraction of sp³-hybridized carbons (Fsp3) is 0.0943. The number of allylic oxidation sites excluding steroid dienone is 5. The quantitative estimate of drug-likeness (QED) is 0.126. The molecule has 7 aromatic carbocycles. The lowest BCUT2D eigenvalue weighted by Crippen LogP contribution is -2.27. The number of para-hydroxylation sites is 1. The highest BCUT2D eigenvalue weighted by molar-refractivity contribution is 6.16. The van der Waals surface area contributed by atoms with Crippen molar-refractivity contribution in [1.29, 1.82) is 0 Å². The van der Waals surface area contributed by atoms with Crippen LogP contribution in [0.4, 0.5) is 0 Å². The van der Waals surface area contributed by atoms with Gasteiger partial charge < -0.3 is 19.9 Å². The third-order valence-corrected chi connectivity index (χ3v) is 12.0. The molecular weight excluding hydrogens is 697 g/mol. The zero-order valence-electron chi connectivity index (χ0n) is 31.7. The summed E-state index contributed by atoms with van der Waals surface area (Å²) < 4.78 is 12.8. The van der Waals surface area contributed by atoms with E-state index in [9.17, 15) is 0 Å². The molecule has 0 saturated heterocycles. The van der Waals surface area contributed by atoms with E-state index in [0.717, 1.165) is 77.4 Å². The number of nitrogens with one attached hydrogen (secondary N) is 1. The van der Waals surface area contributed by atoms with Crippen molar-refractivity contribution in [3.8, 4) is 0 Å². The molecule has 0 aliphatic heterocycles. The van der Waals surface area contributed by atoms with E-state index < -0.39 is 6.17 Å². The van der Waals surface area contributed by atoms with Gasteiger partial charge in [0.05, 0.1) is 0 Å². The van der Waals surface area contributed by atoms with Gasteiger partial charge in [-0.15, -0.1) is 0 Å². The number of hydrogen-bond acceptors (Lipinski definition) is 4. The molecular formula is C53H38N2O2. The van der Waals surface area contributed by atoms with Gasteiger partial charge in [0.15, 0.2) is 0 Å². The summed E-state index contributed by atoms with van der Waals surface area (Å²) in [5.41, 5.74) is 28.5. The van der Waals surface area contributed by atoms with Gasteiger partial charge in [-0.3, -0.25) is 0 Å². The largest absolute Gasteiger partial charge is 0.456 e. The first-order valence-corrected chi connectivity index (χ1v) is 19.5. The predicted octanol–water partition coefficient (Wildman–Crippen LogP) is 12.9. The van der Waals surface area contributed by atoms with Gasteiger partial charge in [-0.1, -0.05) is 135 Å². The van der Waals surface area contributed by atoms with Crippen LogP contribution in [0.3, 0.4) is 0 Å². The van der Waals surface area contributed by atoms with Crippen LogP contribution < -0.4 is 11.1 Å². The summed E-state index contributed by atoms with van der Waals surface area (Å²) >= 11 is 0. The lowest BCUT2D eigenvalue weighted by molar-refractivity contribution is 0.655. The first kappa shape index (κ1) is 33.3. The van der Waals surface area contributed by atoms with Gasteiger partial charge in [-0.05, 0) is 105 Å². The summed E-state index contributed by atoms with van der Waals surface area (Å²) in [6, 6.07) is 50.9. The molecule has 1 unspecified atom stereocenters. The van der Waals surface area contributed by atoms with Crippen molar-refractivity contribution in [1.82, 2.24) is 5.32 Å². The zero-order chi connectivity index (χ0) is 38.3. The number of furan rings is 2. The molecule has 4 heteroatoms. The minimum absolute atomic E-state index is 0.170. The molecule has 3 N–H and O–H groups in total. The minimum Gasteiger partial charge on any atom is -0.456 e. The topological polar surface area (TPSA) is 64.3 Å². The van der Waals surface area contributed by atoms with Gasteiger partial charge in [-0.25, -0.2) is 0 Å². The van der Waals surface area contributed by atoms with Crippen molar-refractivity contribution in [3.63, 3.8) is 0 Å². The fourth-order valence-corrected chi connectivity index (χ4v) is 9.06. The minimum atomic E-state index is -0.421. The third-order valence-electron chi connectivity index (χ3n) is 12.0. The normalized spacial score (nSPS) is 15.2. The van der Waals surface area contributed by atoms with Gasteiger partial charge in [0.2, 0.25) is 0 Å². The monoisotopic (exact) mass is 734 g/mol. The molecule has 1 atom stereocenters. The van der Waals surface area contributed by atoms with Crippen LogP contribution in [0.1, 0.15) is 53.4 Å². The SMILES string of the molecule is CC1(C)C2=C(C(c3cccc(/C(=C/Cc4cccc5oc6cc7c(cc6c45)oc4ccccc47)NC(N)c4ccccc4)c3)=C=C=C2)c2cc3ccccc3cc21. The van der Waals surface area contributed by atoms with E-state index in [0.29, 0.717) is 6.42 Å². The molecule has 0 bridgehead atoms. The number of hydrogen-bond donors (Lipinski definition) is 2. The smallest absolute Gasteiger partial charge is 0.136 e. The first-order chi connectivity index (χ1) is 27.9. The van der Waals surface area contributed by atoms with Crippen LogP contribution >= 0.6 is 0 Å². The molecule has 0 saturated carbocycles. The molecule has 2 heterocycles. The first-order valence-electron chi connectivity index (χ1n) is 19.5. The molecule has 57 heavy (non-hydrogen) atoms. The van der Waals surface area contributed by atoms with Crippen molar-refractivity contribution >= 4 is 71.5 Å². The van der Waals surface area contributed by atoms with E-state index >= 15 is 0 Å². The Kier molecular flexibility index (Phi) is 7.44. The van der Waals surface area contributed by atoms with E-state index in [1.165, 1.54) is 33.0 Å². The van der Waals surface area contributed by atoms with Crippen LogP contribution in [-0.4, -0.2) is 0 Å². The van der Waals surface area contributed by atoms with Gasteiger partial charge >= 0.3 is 0 Å². The van der Waals surface area contributed by atoms with Crippen molar-refractivity contribution in [2.24, 2.45) is 5.73 Å². The van der Waals surface area contributed by atoms with Crippen molar-refractivity contribution in [3.05, 3.63) is 208 Å². The summed E-state index contributed by atoms with van der Waals surface area (Å²) in [6.07, 6.45) is 4.60. The summed E-state index contributed by atoms with van der Waals surface area (Å²) in [5, 5.41) is 10.5. The van der Waals surface area contributed by atoms with E-state index in [2.05, 4.69) is 146 Å². The number of fused-ring (bicyclic) bond motifs is 9. The second-order valence-corrected chi connectivity index (χ2v) is 15.7. The number of nitrogens with two attached hydrogens (primary N) is 1. The molecule has 0 spiro atoms. The molecule has 0 radical (unpaired) electrons. The Morgan fingerprint density at radius 1 is 0.702 bits per heavy atom. The highest BCUT2D eigenvalue weighted by Crippen LogP contribution is 2.53. The second-order valence-electron chi connectivity index (χ2n) is 15.7. The van der Waals surface area contributed by atoms with Crippen molar-refractivity contribution in [2.45, 2.75) is 31.8 Å². The van der Waals surface area contributed by atoms with Gasteiger partial charge in [0.1, 0.15) is 28.5 Å². The van der Waals surface area contributed by atoms with E-state index in [1.54, 1.807) is 0 Å². The molecule has 0 amide bonds. The predicted molar refractivity (Wildman–Crippen MR) is 235 cm³/mol. The van der Waals surface area contributed by atoms with Crippen molar-refractivity contribution in [2.75, 3.05) is 0 Å². The van der Waals surface area contributed by atoms with Crippen molar-refractivity contribution < 1.29 is 8.83 Å². The molecule has 2 aliphatic carbocycles. The van der Waals surface area contributed by atoms with Gasteiger partial charge in [0, 0.05) is 43.8 Å². The van der Waals surface area contributed by atoms with Crippen LogP contribution in [0.2, 0.25) is 0 Å². The molecule has 2 aromatic heterocycles. The molecule has 2 aliphatic rings. The van der Waals surface area contributed by atoms with Gasteiger partial charge in [-0.2, -0.15) is 0 Å². The highest BCUT2D eigenvalue weighted by atomic mass is 16.3. The van der Waals surface area contributed by atoms with E-state index in [-0.39, 0.29) is 5.41 Å². The van der Waals surface area contributed by atoms with E-state index in [1.807, 2.05) is 42.5 Å². The second kappa shape index (κ2) is 12.7. The Balaban J connectivity index is 1.02.